The minimum absolute atomic E-state index is 0.0204. The summed E-state index contributed by atoms with van der Waals surface area (Å²) in [6, 6.07) is 5.19. The van der Waals surface area contributed by atoms with Crippen molar-refractivity contribution >= 4 is 11.7 Å². The van der Waals surface area contributed by atoms with Gasteiger partial charge in [0.15, 0.2) is 0 Å². The van der Waals surface area contributed by atoms with E-state index in [2.05, 4.69) is 5.32 Å². The van der Waals surface area contributed by atoms with Gasteiger partial charge in [-0.15, -0.1) is 0 Å². The molecule has 1 aromatic rings. The normalized spacial score (nSPS) is 12.1. The highest BCUT2D eigenvalue weighted by atomic mass is 16.6. The summed E-state index contributed by atoms with van der Waals surface area (Å²) in [5, 5.41) is 22.2. The fraction of sp³-hybridized carbons (Fsp3) is 0.364. The van der Waals surface area contributed by atoms with E-state index in [1.54, 1.807) is 12.1 Å². The van der Waals surface area contributed by atoms with Crippen molar-refractivity contribution in [1.29, 1.82) is 0 Å². The molecule has 0 aliphatic carbocycles. The number of carboxylic acid groups (broad SMARTS) is 1. The van der Waals surface area contributed by atoms with Crippen LogP contribution in [0.4, 0.5) is 5.69 Å². The van der Waals surface area contributed by atoms with Gasteiger partial charge < -0.3 is 9.84 Å². The van der Waals surface area contributed by atoms with E-state index in [1.165, 1.54) is 19.2 Å². The van der Waals surface area contributed by atoms with Crippen LogP contribution in [-0.4, -0.2) is 35.8 Å². The van der Waals surface area contributed by atoms with Crippen LogP contribution in [0.2, 0.25) is 0 Å². The molecule has 1 unspecified atom stereocenters. The van der Waals surface area contributed by atoms with Gasteiger partial charge in [-0.05, 0) is 5.56 Å². The third-order valence-corrected chi connectivity index (χ3v) is 2.31. The number of carboxylic acids is 1. The summed E-state index contributed by atoms with van der Waals surface area (Å²) < 4.78 is 4.76. The van der Waals surface area contributed by atoms with Crippen molar-refractivity contribution in [2.45, 2.75) is 12.6 Å². The van der Waals surface area contributed by atoms with Gasteiger partial charge in [-0.2, -0.15) is 0 Å². The summed E-state index contributed by atoms with van der Waals surface area (Å²) in [4.78, 5) is 20.9. The molecule has 1 rings (SSSR count). The Bertz CT molecular complexity index is 435. The number of methoxy groups -OCH3 is 1. The largest absolute Gasteiger partial charge is 0.480 e. The minimum atomic E-state index is -1.03. The number of carbonyl (C=O) groups is 1. The number of benzene rings is 1. The van der Waals surface area contributed by atoms with Crippen LogP contribution in [0, 0.1) is 10.1 Å². The van der Waals surface area contributed by atoms with Crippen LogP contribution in [0.3, 0.4) is 0 Å². The number of nitro groups is 1. The lowest BCUT2D eigenvalue weighted by atomic mass is 10.2. The topological polar surface area (TPSA) is 102 Å². The van der Waals surface area contributed by atoms with Crippen LogP contribution in [0.1, 0.15) is 5.56 Å². The average Bonchev–Trinajstić information content (AvgIpc) is 2.34. The van der Waals surface area contributed by atoms with Gasteiger partial charge in [0.05, 0.1) is 11.5 Å². The highest BCUT2D eigenvalue weighted by molar-refractivity contribution is 5.73. The molecule has 7 heteroatoms. The smallest absolute Gasteiger partial charge is 0.323 e. The Hall–Kier alpha value is -1.99. The fourth-order valence-corrected chi connectivity index (χ4v) is 1.41. The Morgan fingerprint density at radius 2 is 2.33 bits per heavy atom. The van der Waals surface area contributed by atoms with E-state index in [9.17, 15) is 14.9 Å². The van der Waals surface area contributed by atoms with Crippen molar-refractivity contribution in [3.05, 3.63) is 39.9 Å². The number of nitrogens with one attached hydrogen (secondary N) is 1. The highest BCUT2D eigenvalue weighted by Crippen LogP contribution is 2.12. The molecule has 0 radical (unpaired) electrons. The molecule has 0 saturated heterocycles. The van der Waals surface area contributed by atoms with E-state index in [-0.39, 0.29) is 18.8 Å². The molecule has 0 aliphatic heterocycles. The quantitative estimate of drug-likeness (QED) is 0.550. The Morgan fingerprint density at radius 1 is 1.61 bits per heavy atom. The van der Waals surface area contributed by atoms with Crippen LogP contribution in [-0.2, 0) is 16.1 Å². The highest BCUT2D eigenvalue weighted by Gasteiger charge is 2.16. The molecule has 0 bridgehead atoms. The van der Waals surface area contributed by atoms with Crippen molar-refractivity contribution in [2.24, 2.45) is 0 Å². The first-order chi connectivity index (χ1) is 8.54. The van der Waals surface area contributed by atoms with Crippen molar-refractivity contribution < 1.29 is 19.6 Å². The molecule has 18 heavy (non-hydrogen) atoms. The summed E-state index contributed by atoms with van der Waals surface area (Å²) in [7, 11) is 1.41. The van der Waals surface area contributed by atoms with Gasteiger partial charge in [0.1, 0.15) is 6.04 Å². The molecular weight excluding hydrogens is 240 g/mol. The molecule has 1 atom stereocenters. The molecule has 0 fully saturated rings. The average molecular weight is 254 g/mol. The van der Waals surface area contributed by atoms with E-state index in [4.69, 9.17) is 9.84 Å². The zero-order valence-corrected chi connectivity index (χ0v) is 9.83. The third-order valence-electron chi connectivity index (χ3n) is 2.31. The van der Waals surface area contributed by atoms with Crippen molar-refractivity contribution in [1.82, 2.24) is 5.32 Å². The van der Waals surface area contributed by atoms with Gasteiger partial charge in [0, 0.05) is 25.8 Å². The zero-order chi connectivity index (χ0) is 13.5. The van der Waals surface area contributed by atoms with E-state index >= 15 is 0 Å². The molecule has 98 valence electrons. The van der Waals surface area contributed by atoms with Gasteiger partial charge in [-0.1, -0.05) is 12.1 Å². The number of nitrogens with zero attached hydrogens (tertiary/aromatic N) is 1. The Kier molecular flexibility index (Phi) is 5.22. The predicted molar refractivity (Wildman–Crippen MR) is 63.2 cm³/mol. The van der Waals surface area contributed by atoms with Gasteiger partial charge in [0.2, 0.25) is 0 Å². The van der Waals surface area contributed by atoms with Crippen LogP contribution in [0.15, 0.2) is 24.3 Å². The van der Waals surface area contributed by atoms with Gasteiger partial charge in [-0.25, -0.2) is 0 Å². The summed E-state index contributed by atoms with van der Waals surface area (Å²) in [5.74, 6) is -1.03. The fourth-order valence-electron chi connectivity index (χ4n) is 1.41. The first-order valence-corrected chi connectivity index (χ1v) is 5.23. The summed E-state index contributed by atoms with van der Waals surface area (Å²) in [6.07, 6.45) is 0. The number of hydrogen-bond acceptors (Lipinski definition) is 5. The van der Waals surface area contributed by atoms with Crippen LogP contribution >= 0.6 is 0 Å². The lowest BCUT2D eigenvalue weighted by Gasteiger charge is -2.13. The Balaban J connectivity index is 2.64. The zero-order valence-electron chi connectivity index (χ0n) is 9.83. The molecule has 0 aromatic heterocycles. The number of rotatable bonds is 7. The van der Waals surface area contributed by atoms with E-state index < -0.39 is 16.9 Å². The predicted octanol–water partition coefficient (Wildman–Crippen LogP) is 0.784. The molecular formula is C11H14N2O5. The maximum absolute atomic E-state index is 10.8. The lowest BCUT2D eigenvalue weighted by Crippen LogP contribution is -2.39. The Morgan fingerprint density at radius 3 is 2.89 bits per heavy atom. The SMILES string of the molecule is COCC(NCc1cccc([N+](=O)[O-])c1)C(=O)O. The van der Waals surface area contributed by atoms with Crippen molar-refractivity contribution in [3.63, 3.8) is 0 Å². The molecule has 0 heterocycles. The van der Waals surface area contributed by atoms with Crippen molar-refractivity contribution in [2.75, 3.05) is 13.7 Å². The van der Waals surface area contributed by atoms with Crippen LogP contribution < -0.4 is 5.32 Å². The number of aliphatic carboxylic acids is 1. The number of non-ortho nitro benzene ring substituents is 1. The molecule has 7 nitrogen and oxygen atoms in total. The maximum atomic E-state index is 10.8. The number of hydrogen-bond donors (Lipinski definition) is 2. The second kappa shape index (κ2) is 6.67. The second-order valence-corrected chi connectivity index (χ2v) is 3.65. The Labute approximate surface area is 104 Å². The van der Waals surface area contributed by atoms with Gasteiger partial charge >= 0.3 is 5.97 Å². The molecule has 0 aliphatic rings. The van der Waals surface area contributed by atoms with Crippen LogP contribution in [0.25, 0.3) is 0 Å². The molecule has 0 saturated carbocycles. The lowest BCUT2D eigenvalue weighted by molar-refractivity contribution is -0.384. The standard InChI is InChI=1S/C11H14N2O5/c1-18-7-10(11(14)15)12-6-8-3-2-4-9(5-8)13(16)17/h2-5,10,12H,6-7H2,1H3,(H,14,15). The monoisotopic (exact) mass is 254 g/mol. The van der Waals surface area contributed by atoms with E-state index in [0.29, 0.717) is 5.56 Å². The summed E-state index contributed by atoms with van der Waals surface area (Å²) >= 11 is 0. The summed E-state index contributed by atoms with van der Waals surface area (Å²) in [5.41, 5.74) is 0.625. The van der Waals surface area contributed by atoms with Gasteiger partial charge in [0.25, 0.3) is 5.69 Å². The molecule has 2 N–H and O–H groups in total. The maximum Gasteiger partial charge on any atom is 0.323 e. The van der Waals surface area contributed by atoms with Crippen molar-refractivity contribution in [3.8, 4) is 0 Å². The molecule has 0 spiro atoms. The van der Waals surface area contributed by atoms with Gasteiger partial charge in [-0.3, -0.25) is 20.2 Å². The molecule has 0 amide bonds. The second-order valence-electron chi connectivity index (χ2n) is 3.65. The minimum Gasteiger partial charge on any atom is -0.480 e. The van der Waals surface area contributed by atoms with E-state index in [1.807, 2.05) is 0 Å². The number of ether oxygens (including phenoxy) is 1. The summed E-state index contributed by atoms with van der Waals surface area (Å²) in [6.45, 7) is 0.256. The first-order valence-electron chi connectivity index (χ1n) is 5.23. The third kappa shape index (κ3) is 4.11. The number of nitro benzene ring substituents is 1. The van der Waals surface area contributed by atoms with Crippen LogP contribution in [0.5, 0.6) is 0 Å². The first kappa shape index (κ1) is 14.1. The molecule has 1 aromatic carbocycles. The van der Waals surface area contributed by atoms with E-state index in [0.717, 1.165) is 0 Å².